The Morgan fingerprint density at radius 2 is 2.09 bits per heavy atom. The Kier molecular flexibility index (Phi) is 4.20. The molecule has 2 aromatic heterocycles. The van der Waals surface area contributed by atoms with Gasteiger partial charge in [0.1, 0.15) is 17.4 Å². The van der Waals surface area contributed by atoms with Gasteiger partial charge in [-0.3, -0.25) is 9.89 Å². The zero-order chi connectivity index (χ0) is 22.7. The molecular formula is C25H24N6O2. The lowest BCUT2D eigenvalue weighted by Gasteiger charge is -2.10. The molecule has 3 N–H and O–H groups in total. The second-order valence-electron chi connectivity index (χ2n) is 8.74. The van der Waals surface area contributed by atoms with Crippen molar-refractivity contribution in [2.24, 2.45) is 0 Å². The molecule has 1 spiro atoms. The summed E-state index contributed by atoms with van der Waals surface area (Å²) in [5.74, 6) is 3.16. The molecule has 6 rings (SSSR count). The van der Waals surface area contributed by atoms with E-state index in [0.29, 0.717) is 5.82 Å². The molecule has 1 saturated carbocycles. The molecular weight excluding hydrogens is 416 g/mol. The third kappa shape index (κ3) is 2.90. The number of anilines is 3. The van der Waals surface area contributed by atoms with Gasteiger partial charge in [-0.25, -0.2) is 9.97 Å². The normalized spacial score (nSPS) is 20.7. The van der Waals surface area contributed by atoms with E-state index in [4.69, 9.17) is 4.74 Å². The van der Waals surface area contributed by atoms with Crippen molar-refractivity contribution in [1.82, 2.24) is 20.2 Å². The quantitative estimate of drug-likeness (QED) is 0.426. The van der Waals surface area contributed by atoms with E-state index in [-0.39, 0.29) is 11.8 Å². The number of aromatic amines is 1. The van der Waals surface area contributed by atoms with E-state index in [9.17, 15) is 4.79 Å². The molecule has 1 aliphatic heterocycles. The van der Waals surface area contributed by atoms with Crippen LogP contribution in [0.1, 0.15) is 41.8 Å². The van der Waals surface area contributed by atoms with Gasteiger partial charge in [0.25, 0.3) is 0 Å². The Bertz CT molecular complexity index is 1430. The summed E-state index contributed by atoms with van der Waals surface area (Å²) in [5.41, 5.74) is 4.46. The second kappa shape index (κ2) is 7.03. The molecule has 8 nitrogen and oxygen atoms in total. The van der Waals surface area contributed by atoms with E-state index in [2.05, 4.69) is 55.9 Å². The molecule has 1 aliphatic carbocycles. The van der Waals surface area contributed by atoms with Crippen molar-refractivity contribution in [1.29, 1.82) is 0 Å². The molecule has 8 heteroatoms. The van der Waals surface area contributed by atoms with E-state index in [1.165, 1.54) is 0 Å². The third-order valence-electron chi connectivity index (χ3n) is 6.91. The predicted octanol–water partition coefficient (Wildman–Crippen LogP) is 4.35. The first-order valence-corrected chi connectivity index (χ1v) is 11.1. The highest BCUT2D eigenvalue weighted by molar-refractivity contribution is 6.10. The largest absolute Gasteiger partial charge is 0.497 e. The maximum absolute atomic E-state index is 13.0. The van der Waals surface area contributed by atoms with E-state index >= 15 is 0 Å². The van der Waals surface area contributed by atoms with Crippen molar-refractivity contribution in [3.8, 4) is 5.75 Å². The number of hydrogen-bond donors (Lipinski definition) is 3. The van der Waals surface area contributed by atoms with Crippen LogP contribution in [0, 0.1) is 6.92 Å². The van der Waals surface area contributed by atoms with Crippen molar-refractivity contribution in [3.05, 3.63) is 65.1 Å². The van der Waals surface area contributed by atoms with Crippen LogP contribution in [-0.2, 0) is 16.6 Å². The highest BCUT2D eigenvalue weighted by Gasteiger charge is 2.65. The average molecular weight is 441 g/mol. The Hall–Kier alpha value is -3.94. The summed E-state index contributed by atoms with van der Waals surface area (Å²) in [4.78, 5) is 21.8. The predicted molar refractivity (Wildman–Crippen MR) is 126 cm³/mol. The number of carbonyl (C=O) groups is 1. The van der Waals surface area contributed by atoms with Crippen molar-refractivity contribution in [2.45, 2.75) is 38.0 Å². The molecule has 1 amide bonds. The summed E-state index contributed by atoms with van der Waals surface area (Å²) in [6, 6.07) is 12.0. The number of H-pyrrole nitrogens is 1. The highest BCUT2D eigenvalue weighted by Crippen LogP contribution is 2.65. The average Bonchev–Trinajstić information content (AvgIpc) is 3.38. The van der Waals surface area contributed by atoms with E-state index < -0.39 is 5.41 Å². The Balaban J connectivity index is 1.33. The SMILES string of the molecule is CCc1cnc(C)nc1Nc1n[nH]c2cc([C@@H]3C[C@@]34C(=O)Nc3ccc(OC)cc34)ccc12. The number of hydrogen-bond acceptors (Lipinski definition) is 6. The number of aromatic nitrogens is 4. The first kappa shape index (κ1) is 19.7. The lowest BCUT2D eigenvalue weighted by molar-refractivity contribution is -0.118. The van der Waals surface area contributed by atoms with Crippen LogP contribution in [0.25, 0.3) is 10.9 Å². The van der Waals surface area contributed by atoms with Gasteiger partial charge in [-0.15, -0.1) is 0 Å². The number of amides is 1. The molecule has 33 heavy (non-hydrogen) atoms. The van der Waals surface area contributed by atoms with Crippen LogP contribution in [-0.4, -0.2) is 33.2 Å². The smallest absolute Gasteiger partial charge is 0.235 e. The van der Waals surface area contributed by atoms with Gasteiger partial charge in [0, 0.05) is 28.8 Å². The highest BCUT2D eigenvalue weighted by atomic mass is 16.5. The van der Waals surface area contributed by atoms with Gasteiger partial charge in [0.15, 0.2) is 5.82 Å². The summed E-state index contributed by atoms with van der Waals surface area (Å²) in [6.45, 7) is 3.95. The number of ether oxygens (including phenoxy) is 1. The van der Waals surface area contributed by atoms with E-state index in [0.717, 1.165) is 63.5 Å². The first-order valence-electron chi connectivity index (χ1n) is 11.1. The van der Waals surface area contributed by atoms with E-state index in [1.54, 1.807) is 7.11 Å². The summed E-state index contributed by atoms with van der Waals surface area (Å²) in [7, 11) is 1.65. The van der Waals surface area contributed by atoms with Crippen LogP contribution in [0.15, 0.2) is 42.6 Å². The molecule has 0 unspecified atom stereocenters. The van der Waals surface area contributed by atoms with Gasteiger partial charge < -0.3 is 15.4 Å². The van der Waals surface area contributed by atoms with Crippen LogP contribution in [0.5, 0.6) is 5.75 Å². The molecule has 3 heterocycles. The number of aryl methyl sites for hydroxylation is 2. The van der Waals surface area contributed by atoms with Gasteiger partial charge in [-0.05, 0) is 61.2 Å². The third-order valence-corrected chi connectivity index (χ3v) is 6.91. The van der Waals surface area contributed by atoms with Crippen molar-refractivity contribution < 1.29 is 9.53 Å². The lowest BCUT2D eigenvalue weighted by atomic mass is 9.91. The maximum atomic E-state index is 13.0. The number of nitrogens with zero attached hydrogens (tertiary/aromatic N) is 3. The molecule has 4 aromatic rings. The number of nitrogens with one attached hydrogen (secondary N) is 3. The van der Waals surface area contributed by atoms with E-state index in [1.807, 2.05) is 31.3 Å². The Morgan fingerprint density at radius 3 is 2.91 bits per heavy atom. The van der Waals surface area contributed by atoms with Crippen LogP contribution >= 0.6 is 0 Å². The fraction of sp³-hybridized carbons (Fsp3) is 0.280. The lowest BCUT2D eigenvalue weighted by Crippen LogP contribution is -2.21. The summed E-state index contributed by atoms with van der Waals surface area (Å²) in [6.07, 6.45) is 3.46. The van der Waals surface area contributed by atoms with Gasteiger partial charge in [0.2, 0.25) is 5.91 Å². The minimum absolute atomic E-state index is 0.0639. The number of benzene rings is 2. The first-order chi connectivity index (χ1) is 16.0. The van der Waals surface area contributed by atoms with Crippen molar-refractivity contribution in [2.75, 3.05) is 17.7 Å². The molecule has 2 atom stereocenters. The minimum atomic E-state index is -0.521. The summed E-state index contributed by atoms with van der Waals surface area (Å²) < 4.78 is 5.40. The molecule has 2 aromatic carbocycles. The Morgan fingerprint density at radius 1 is 1.21 bits per heavy atom. The summed E-state index contributed by atoms with van der Waals surface area (Å²) in [5, 5.41) is 15.0. The fourth-order valence-corrected chi connectivity index (χ4v) is 5.02. The molecule has 0 bridgehead atoms. The molecule has 0 radical (unpaired) electrons. The van der Waals surface area contributed by atoms with Crippen molar-refractivity contribution >= 4 is 34.1 Å². The number of carbonyl (C=O) groups excluding carboxylic acids is 1. The van der Waals surface area contributed by atoms with Gasteiger partial charge >= 0.3 is 0 Å². The van der Waals surface area contributed by atoms with Crippen molar-refractivity contribution in [3.63, 3.8) is 0 Å². The number of methoxy groups -OCH3 is 1. The molecule has 1 fully saturated rings. The number of fused-ring (bicyclic) bond motifs is 3. The molecule has 166 valence electrons. The van der Waals surface area contributed by atoms with Crippen LogP contribution < -0.4 is 15.4 Å². The fourth-order valence-electron chi connectivity index (χ4n) is 5.02. The topological polar surface area (TPSA) is 105 Å². The summed E-state index contributed by atoms with van der Waals surface area (Å²) >= 11 is 0. The van der Waals surface area contributed by atoms with Crippen LogP contribution in [0.4, 0.5) is 17.3 Å². The monoisotopic (exact) mass is 440 g/mol. The zero-order valence-corrected chi connectivity index (χ0v) is 18.7. The minimum Gasteiger partial charge on any atom is -0.497 e. The Labute approximate surface area is 190 Å². The standard InChI is InChI=1S/C25H24N6O2/c1-4-14-12-26-13(2)27-22(14)29-23-17-7-5-15(9-21(17)30-31-23)19-11-25(19)18-10-16(33-3)6-8-20(18)28-24(25)32/h5-10,12,19H,4,11H2,1-3H3,(H,28,32)(H2,26,27,29,30,31)/t19-,25-/m0/s1. The number of rotatable bonds is 5. The van der Waals surface area contributed by atoms with Crippen LogP contribution in [0.2, 0.25) is 0 Å². The molecule has 0 saturated heterocycles. The zero-order valence-electron chi connectivity index (χ0n) is 18.7. The molecule has 2 aliphatic rings. The second-order valence-corrected chi connectivity index (χ2v) is 8.74. The van der Waals surface area contributed by atoms with Gasteiger partial charge in [0.05, 0.1) is 18.0 Å². The maximum Gasteiger partial charge on any atom is 0.235 e. The van der Waals surface area contributed by atoms with Crippen LogP contribution in [0.3, 0.4) is 0 Å². The van der Waals surface area contributed by atoms with Gasteiger partial charge in [-0.1, -0.05) is 13.0 Å². The van der Waals surface area contributed by atoms with Gasteiger partial charge in [-0.2, -0.15) is 5.10 Å².